The highest BCUT2D eigenvalue weighted by atomic mass is 32.2. The van der Waals surface area contributed by atoms with E-state index in [2.05, 4.69) is 6.92 Å². The van der Waals surface area contributed by atoms with Gasteiger partial charge in [-0.25, -0.2) is 8.42 Å². The Morgan fingerprint density at radius 3 is 1.73 bits per heavy atom. The van der Waals surface area contributed by atoms with E-state index in [0.29, 0.717) is 44.2 Å². The van der Waals surface area contributed by atoms with Gasteiger partial charge in [-0.2, -0.15) is 5.26 Å². The zero-order valence-corrected chi connectivity index (χ0v) is 28.3. The fourth-order valence-corrected chi connectivity index (χ4v) is 6.32. The number of sulfone groups is 1. The maximum Gasteiger partial charge on any atom is 0.305 e. The summed E-state index contributed by atoms with van der Waals surface area (Å²) >= 11 is 0. The molecule has 0 N–H and O–H groups in total. The Hall–Kier alpha value is -4.69. The van der Waals surface area contributed by atoms with Crippen LogP contribution >= 0.6 is 0 Å². The van der Waals surface area contributed by atoms with Crippen molar-refractivity contribution in [1.29, 1.82) is 5.26 Å². The van der Waals surface area contributed by atoms with Crippen LogP contribution in [0.1, 0.15) is 42.9 Å². The third kappa shape index (κ3) is 9.91. The van der Waals surface area contributed by atoms with Crippen LogP contribution in [-0.4, -0.2) is 54.5 Å². The Bertz CT molecular complexity index is 1750. The van der Waals surface area contributed by atoms with Crippen molar-refractivity contribution < 1.29 is 36.9 Å². The second-order valence-electron chi connectivity index (χ2n) is 11.3. The van der Waals surface area contributed by atoms with E-state index in [9.17, 15) is 13.2 Å². The highest BCUT2D eigenvalue weighted by Gasteiger charge is 2.30. The molecular weight excluding hydrogens is 630 g/mol. The van der Waals surface area contributed by atoms with E-state index >= 15 is 0 Å². The number of benzene rings is 4. The smallest absolute Gasteiger partial charge is 0.305 e. The molecule has 0 saturated carbocycles. The van der Waals surface area contributed by atoms with Gasteiger partial charge in [0.05, 0.1) is 55.8 Å². The number of carbonyl (C=O) groups is 1. The predicted octanol–water partition coefficient (Wildman–Crippen LogP) is 7.21. The first-order chi connectivity index (χ1) is 23.2. The maximum atomic E-state index is 13.0. The molecule has 0 fully saturated rings. The van der Waals surface area contributed by atoms with Gasteiger partial charge in [-0.05, 0) is 85.1 Å². The number of rotatable bonds is 18. The van der Waals surface area contributed by atoms with Crippen LogP contribution in [0, 0.1) is 18.3 Å². The van der Waals surface area contributed by atoms with Gasteiger partial charge in [0.15, 0.2) is 0 Å². The van der Waals surface area contributed by atoms with Crippen molar-refractivity contribution in [3.05, 3.63) is 114 Å². The van der Waals surface area contributed by atoms with E-state index in [0.717, 1.165) is 22.4 Å². The van der Waals surface area contributed by atoms with Crippen molar-refractivity contribution in [3.8, 4) is 23.3 Å². The van der Waals surface area contributed by atoms with Gasteiger partial charge in [-0.3, -0.25) is 4.79 Å². The highest BCUT2D eigenvalue weighted by Crippen LogP contribution is 2.38. The van der Waals surface area contributed by atoms with Crippen LogP contribution in [0.4, 0.5) is 0 Å². The summed E-state index contributed by atoms with van der Waals surface area (Å²) in [7, 11) is -2.02. The van der Waals surface area contributed by atoms with E-state index in [-0.39, 0.29) is 35.4 Å². The van der Waals surface area contributed by atoms with Crippen LogP contribution in [0.25, 0.3) is 0 Å². The van der Waals surface area contributed by atoms with Gasteiger partial charge >= 0.3 is 5.97 Å². The zero-order valence-electron chi connectivity index (χ0n) is 27.5. The van der Waals surface area contributed by atoms with Crippen molar-refractivity contribution in [2.75, 3.05) is 40.1 Å². The van der Waals surface area contributed by atoms with Crippen LogP contribution in [0.3, 0.4) is 0 Å². The Labute approximate surface area is 282 Å². The number of hydrogen-bond donors (Lipinski definition) is 0. The quantitative estimate of drug-likeness (QED) is 0.0798. The maximum absolute atomic E-state index is 13.0. The minimum absolute atomic E-state index is 0.140. The zero-order chi connectivity index (χ0) is 34.4. The first-order valence-corrected chi connectivity index (χ1v) is 17.2. The van der Waals surface area contributed by atoms with Crippen molar-refractivity contribution >= 4 is 15.8 Å². The largest absolute Gasteiger partial charge is 0.497 e. The molecule has 0 radical (unpaired) electrons. The molecule has 252 valence electrons. The molecule has 10 heteroatoms. The van der Waals surface area contributed by atoms with Gasteiger partial charge in [-0.1, -0.05) is 48.9 Å². The molecule has 0 heterocycles. The molecule has 48 heavy (non-hydrogen) atoms. The van der Waals surface area contributed by atoms with E-state index in [4.69, 9.17) is 28.9 Å². The molecule has 0 bridgehead atoms. The average molecular weight is 672 g/mol. The summed E-state index contributed by atoms with van der Waals surface area (Å²) in [5, 5.41) is 8.52. The molecule has 1 atom stereocenters. The number of carbonyl (C=O) groups excluding carboxylic acids is 1. The Morgan fingerprint density at radius 2 is 1.19 bits per heavy atom. The highest BCUT2D eigenvalue weighted by molar-refractivity contribution is 7.91. The van der Waals surface area contributed by atoms with Crippen molar-refractivity contribution in [3.63, 3.8) is 0 Å². The summed E-state index contributed by atoms with van der Waals surface area (Å²) in [4.78, 5) is 13.1. The van der Waals surface area contributed by atoms with Gasteiger partial charge in [0.1, 0.15) is 23.9 Å². The van der Waals surface area contributed by atoms with Crippen LogP contribution in [0.5, 0.6) is 17.2 Å². The molecule has 0 spiro atoms. The van der Waals surface area contributed by atoms with E-state index in [1.54, 1.807) is 43.5 Å². The lowest BCUT2D eigenvalue weighted by Crippen LogP contribution is -2.25. The lowest BCUT2D eigenvalue weighted by atomic mass is 9.73. The van der Waals surface area contributed by atoms with Gasteiger partial charge in [0.25, 0.3) is 0 Å². The lowest BCUT2D eigenvalue weighted by Gasteiger charge is -2.31. The predicted molar refractivity (Wildman–Crippen MR) is 181 cm³/mol. The fourth-order valence-electron chi connectivity index (χ4n) is 5.06. The minimum Gasteiger partial charge on any atom is -0.497 e. The molecule has 4 aromatic carbocycles. The Kier molecular flexibility index (Phi) is 13.1. The first-order valence-electron chi connectivity index (χ1n) is 15.7. The van der Waals surface area contributed by atoms with Crippen LogP contribution in [0.2, 0.25) is 0 Å². The van der Waals surface area contributed by atoms with Gasteiger partial charge in [-0.15, -0.1) is 0 Å². The summed E-state index contributed by atoms with van der Waals surface area (Å²) < 4.78 is 53.5. The lowest BCUT2D eigenvalue weighted by molar-refractivity contribution is -0.145. The molecule has 9 nitrogen and oxygen atoms in total. The summed E-state index contributed by atoms with van der Waals surface area (Å²) in [6.07, 6.45) is 1.02. The molecule has 0 saturated heterocycles. The van der Waals surface area contributed by atoms with Gasteiger partial charge in [0.2, 0.25) is 9.84 Å². The molecule has 0 aliphatic carbocycles. The minimum atomic E-state index is -3.64. The number of hydrogen-bond acceptors (Lipinski definition) is 9. The van der Waals surface area contributed by atoms with Crippen LogP contribution < -0.4 is 9.47 Å². The standard InChI is InChI=1S/C38H41NO8S/c1-29-5-17-35(18-6-29)48(41,42)36-19-15-34(16-20-36)47-33-13-9-31(10-14-33)38(2,30-7-11-32(43-3)12-8-30)22-21-37(40)46-28-27-45-26-25-44-24-4-23-39/h5-20H,4,21-22,24-28H2,1-3H3. The van der Waals surface area contributed by atoms with Crippen LogP contribution in [0.15, 0.2) is 107 Å². The fraction of sp³-hybridized carbons (Fsp3) is 0.316. The molecule has 0 amide bonds. The summed E-state index contributed by atoms with van der Waals surface area (Å²) in [6, 6.07) is 30.5. The molecule has 4 aromatic rings. The second kappa shape index (κ2) is 17.5. The van der Waals surface area contributed by atoms with E-state index in [1.807, 2.05) is 61.5 Å². The number of ether oxygens (including phenoxy) is 5. The van der Waals surface area contributed by atoms with Crippen molar-refractivity contribution in [1.82, 2.24) is 0 Å². The number of methoxy groups -OCH3 is 1. The van der Waals surface area contributed by atoms with Gasteiger partial charge < -0.3 is 23.7 Å². The topological polar surface area (TPSA) is 121 Å². The normalized spacial score (nSPS) is 12.5. The number of nitriles is 1. The van der Waals surface area contributed by atoms with E-state index in [1.165, 1.54) is 12.1 Å². The summed E-state index contributed by atoms with van der Waals surface area (Å²) in [6.45, 7) is 5.50. The van der Waals surface area contributed by atoms with Crippen molar-refractivity contribution in [2.24, 2.45) is 0 Å². The van der Waals surface area contributed by atoms with Gasteiger partial charge in [0, 0.05) is 11.8 Å². The molecule has 0 aromatic heterocycles. The number of esters is 1. The van der Waals surface area contributed by atoms with E-state index < -0.39 is 15.3 Å². The monoisotopic (exact) mass is 671 g/mol. The number of nitrogens with zero attached hydrogens (tertiary/aromatic N) is 1. The summed E-state index contributed by atoms with van der Waals surface area (Å²) in [5.74, 6) is 1.50. The molecule has 4 rings (SSSR count). The summed E-state index contributed by atoms with van der Waals surface area (Å²) in [5.41, 5.74) is 2.44. The second-order valence-corrected chi connectivity index (χ2v) is 13.3. The SMILES string of the molecule is COc1ccc(C(C)(CCC(=O)OCCOCCOCCC#N)c2ccc(Oc3ccc(S(=O)(=O)c4ccc(C)cc4)cc3)cc2)cc1. The third-order valence-corrected chi connectivity index (χ3v) is 9.76. The molecule has 0 aliphatic heterocycles. The molecule has 1 unspecified atom stereocenters. The number of aryl methyl sites for hydroxylation is 1. The average Bonchev–Trinajstić information content (AvgIpc) is 3.10. The Balaban J connectivity index is 1.39. The first kappa shape index (κ1) is 36.2. The molecule has 0 aliphatic rings. The Morgan fingerprint density at radius 1 is 0.708 bits per heavy atom. The molecular formula is C38H41NO8S. The van der Waals surface area contributed by atoms with Crippen LogP contribution in [-0.2, 0) is 34.3 Å². The van der Waals surface area contributed by atoms with Crippen molar-refractivity contribution in [2.45, 2.75) is 48.3 Å². The third-order valence-electron chi connectivity index (χ3n) is 7.97.